The second kappa shape index (κ2) is 7.07. The molecule has 2 aliphatic heterocycles. The summed E-state index contributed by atoms with van der Waals surface area (Å²) in [5.74, 6) is 0.348. The van der Waals surface area contributed by atoms with Crippen molar-refractivity contribution in [2.75, 3.05) is 26.3 Å². The van der Waals surface area contributed by atoms with Crippen LogP contribution in [0.4, 0.5) is 0 Å². The molecule has 0 bridgehead atoms. The molecule has 1 spiro atoms. The van der Waals surface area contributed by atoms with Crippen LogP contribution in [0.25, 0.3) is 0 Å². The molecule has 2 fully saturated rings. The van der Waals surface area contributed by atoms with Gasteiger partial charge in [-0.1, -0.05) is 6.92 Å². The first kappa shape index (κ1) is 17.2. The molecule has 0 saturated carbocycles. The Kier molecular flexibility index (Phi) is 5.06. The van der Waals surface area contributed by atoms with Crippen LogP contribution < -0.4 is 4.74 Å². The van der Waals surface area contributed by atoms with Crippen molar-refractivity contribution < 1.29 is 19.0 Å². The Bertz CT molecular complexity index is 584. The van der Waals surface area contributed by atoms with E-state index in [-0.39, 0.29) is 23.7 Å². The van der Waals surface area contributed by atoms with E-state index in [1.54, 1.807) is 18.3 Å². The maximum Gasteiger partial charge on any atom is 0.259 e. The molecule has 132 valence electrons. The normalized spacial score (nSPS) is 27.0. The van der Waals surface area contributed by atoms with Crippen LogP contribution in [0.3, 0.4) is 0 Å². The lowest BCUT2D eigenvalue weighted by Crippen LogP contribution is -2.57. The van der Waals surface area contributed by atoms with Crippen molar-refractivity contribution in [3.8, 4) is 5.88 Å². The topological polar surface area (TPSA) is 60.9 Å². The Balaban J connectivity index is 1.83. The van der Waals surface area contributed by atoms with Crippen molar-refractivity contribution in [1.29, 1.82) is 0 Å². The Morgan fingerprint density at radius 3 is 3.04 bits per heavy atom. The fourth-order valence-corrected chi connectivity index (χ4v) is 3.30. The monoisotopic (exact) mass is 334 g/mol. The number of rotatable bonds is 4. The molecule has 3 rings (SSSR count). The van der Waals surface area contributed by atoms with Crippen LogP contribution in [0.2, 0.25) is 0 Å². The van der Waals surface area contributed by atoms with Crippen LogP contribution >= 0.6 is 0 Å². The molecule has 0 N–H and O–H groups in total. The average Bonchev–Trinajstić information content (AvgIpc) is 3.01. The third-order valence-corrected chi connectivity index (χ3v) is 4.48. The van der Waals surface area contributed by atoms with Gasteiger partial charge in [0.05, 0.1) is 25.4 Å². The second-order valence-corrected chi connectivity index (χ2v) is 6.84. The first-order valence-corrected chi connectivity index (χ1v) is 8.69. The molecule has 24 heavy (non-hydrogen) atoms. The van der Waals surface area contributed by atoms with Crippen LogP contribution in [0, 0.1) is 0 Å². The highest BCUT2D eigenvalue weighted by Crippen LogP contribution is 2.32. The van der Waals surface area contributed by atoms with Gasteiger partial charge < -0.3 is 19.1 Å². The molecule has 1 aromatic heterocycles. The van der Waals surface area contributed by atoms with Gasteiger partial charge in [0.1, 0.15) is 11.2 Å². The van der Waals surface area contributed by atoms with Crippen molar-refractivity contribution in [3.05, 3.63) is 23.9 Å². The number of carbonyl (C=O) groups excluding carboxylic acids is 1. The molecule has 1 amide bonds. The fraction of sp³-hybridized carbons (Fsp3) is 0.667. The van der Waals surface area contributed by atoms with E-state index in [0.29, 0.717) is 37.7 Å². The summed E-state index contributed by atoms with van der Waals surface area (Å²) >= 11 is 0. The molecule has 0 aromatic carbocycles. The number of aromatic nitrogens is 1. The van der Waals surface area contributed by atoms with Gasteiger partial charge in [-0.3, -0.25) is 4.79 Å². The van der Waals surface area contributed by atoms with Crippen molar-refractivity contribution in [2.45, 2.75) is 51.4 Å². The van der Waals surface area contributed by atoms with E-state index >= 15 is 0 Å². The molecule has 0 radical (unpaired) electrons. The van der Waals surface area contributed by atoms with Crippen molar-refractivity contribution in [3.63, 3.8) is 0 Å². The minimum atomic E-state index is -0.365. The summed E-state index contributed by atoms with van der Waals surface area (Å²) in [4.78, 5) is 19.2. The van der Waals surface area contributed by atoms with E-state index in [2.05, 4.69) is 11.9 Å². The summed E-state index contributed by atoms with van der Waals surface area (Å²) in [5.41, 5.74) is 0.146. The quantitative estimate of drug-likeness (QED) is 0.845. The van der Waals surface area contributed by atoms with Gasteiger partial charge in [0.15, 0.2) is 0 Å². The van der Waals surface area contributed by atoms with E-state index in [1.165, 1.54) is 0 Å². The van der Waals surface area contributed by atoms with Crippen LogP contribution in [0.5, 0.6) is 5.88 Å². The number of morpholine rings is 1. The summed E-state index contributed by atoms with van der Waals surface area (Å²) in [6, 6.07) is 3.55. The molecule has 0 aliphatic carbocycles. The van der Waals surface area contributed by atoms with Gasteiger partial charge in [0, 0.05) is 25.8 Å². The van der Waals surface area contributed by atoms with Crippen LogP contribution in [-0.2, 0) is 9.47 Å². The SMILES string of the molecule is CC[C@@H]1CN(C(=O)c2cccnc2OC(C)C)C[C@@]2(CCOC2)O1. The molecular formula is C18H26N2O4. The Labute approximate surface area is 143 Å². The van der Waals surface area contributed by atoms with Gasteiger partial charge in [0.25, 0.3) is 5.91 Å². The van der Waals surface area contributed by atoms with E-state index < -0.39 is 0 Å². The Hall–Kier alpha value is -1.66. The van der Waals surface area contributed by atoms with Gasteiger partial charge in [-0.15, -0.1) is 0 Å². The second-order valence-electron chi connectivity index (χ2n) is 6.84. The molecule has 6 nitrogen and oxygen atoms in total. The lowest BCUT2D eigenvalue weighted by Gasteiger charge is -2.43. The number of pyridine rings is 1. The van der Waals surface area contributed by atoms with Crippen LogP contribution in [-0.4, -0.2) is 59.9 Å². The van der Waals surface area contributed by atoms with E-state index in [1.807, 2.05) is 18.7 Å². The lowest BCUT2D eigenvalue weighted by atomic mass is 9.98. The van der Waals surface area contributed by atoms with E-state index in [0.717, 1.165) is 12.8 Å². The number of carbonyl (C=O) groups is 1. The van der Waals surface area contributed by atoms with Crippen molar-refractivity contribution in [2.24, 2.45) is 0 Å². The van der Waals surface area contributed by atoms with Crippen LogP contribution in [0.15, 0.2) is 18.3 Å². The van der Waals surface area contributed by atoms with Gasteiger partial charge in [-0.2, -0.15) is 0 Å². The standard InChI is InChI=1S/C18H26N2O4/c1-4-14-10-20(11-18(24-14)7-9-22-12-18)17(21)15-6-5-8-19-16(15)23-13(2)3/h5-6,8,13-14H,4,7,9-12H2,1-3H3/t14-,18-/m1/s1. The number of hydrogen-bond donors (Lipinski definition) is 0. The van der Waals surface area contributed by atoms with Gasteiger partial charge >= 0.3 is 0 Å². The molecule has 2 aliphatic rings. The summed E-state index contributed by atoms with van der Waals surface area (Å²) in [6.45, 7) is 8.32. The van der Waals surface area contributed by atoms with E-state index in [4.69, 9.17) is 14.2 Å². The van der Waals surface area contributed by atoms with Crippen molar-refractivity contribution in [1.82, 2.24) is 9.88 Å². The maximum absolute atomic E-state index is 13.1. The van der Waals surface area contributed by atoms with Gasteiger partial charge in [0.2, 0.25) is 5.88 Å². The van der Waals surface area contributed by atoms with Gasteiger partial charge in [-0.05, 0) is 32.4 Å². The molecule has 0 unspecified atom stereocenters. The summed E-state index contributed by atoms with van der Waals surface area (Å²) in [6.07, 6.45) is 3.35. The predicted octanol–water partition coefficient (Wildman–Crippen LogP) is 2.28. The average molecular weight is 334 g/mol. The zero-order chi connectivity index (χ0) is 17.2. The highest BCUT2D eigenvalue weighted by atomic mass is 16.6. The molecule has 6 heteroatoms. The fourth-order valence-electron chi connectivity index (χ4n) is 3.30. The number of nitrogens with zero attached hydrogens (tertiary/aromatic N) is 2. The molecule has 1 aromatic rings. The van der Waals surface area contributed by atoms with Gasteiger partial charge in [-0.25, -0.2) is 4.98 Å². The molecule has 3 heterocycles. The lowest BCUT2D eigenvalue weighted by molar-refractivity contribution is -0.145. The zero-order valence-electron chi connectivity index (χ0n) is 14.7. The van der Waals surface area contributed by atoms with E-state index in [9.17, 15) is 4.79 Å². The zero-order valence-corrected chi connectivity index (χ0v) is 14.7. The third-order valence-electron chi connectivity index (χ3n) is 4.48. The van der Waals surface area contributed by atoms with Crippen molar-refractivity contribution >= 4 is 5.91 Å². The number of hydrogen-bond acceptors (Lipinski definition) is 5. The Morgan fingerprint density at radius 2 is 2.38 bits per heavy atom. The first-order chi connectivity index (χ1) is 11.5. The summed E-state index contributed by atoms with van der Waals surface area (Å²) < 4.78 is 17.5. The minimum Gasteiger partial charge on any atom is -0.474 e. The minimum absolute atomic E-state index is 0.0332. The number of amides is 1. The third kappa shape index (κ3) is 3.54. The Morgan fingerprint density at radius 1 is 1.54 bits per heavy atom. The van der Waals surface area contributed by atoms with Crippen LogP contribution in [0.1, 0.15) is 44.0 Å². The highest BCUT2D eigenvalue weighted by molar-refractivity contribution is 5.96. The number of ether oxygens (including phenoxy) is 3. The molecule has 2 saturated heterocycles. The largest absolute Gasteiger partial charge is 0.474 e. The predicted molar refractivity (Wildman–Crippen MR) is 89.2 cm³/mol. The molecule has 2 atom stereocenters. The highest BCUT2D eigenvalue weighted by Gasteiger charge is 2.45. The maximum atomic E-state index is 13.1. The first-order valence-electron chi connectivity index (χ1n) is 8.69. The smallest absolute Gasteiger partial charge is 0.259 e. The summed E-state index contributed by atoms with van der Waals surface area (Å²) in [7, 11) is 0. The summed E-state index contributed by atoms with van der Waals surface area (Å²) in [5, 5.41) is 0. The molecular weight excluding hydrogens is 308 g/mol.